The van der Waals surface area contributed by atoms with Crippen LogP contribution >= 0.6 is 0 Å². The second-order valence-corrected chi connectivity index (χ2v) is 6.98. The molecule has 0 bridgehead atoms. The van der Waals surface area contributed by atoms with Crippen LogP contribution in [0.1, 0.15) is 19.3 Å². The number of amides is 1. The molecule has 5 nitrogen and oxygen atoms in total. The molecular weight excluding hydrogens is 228 g/mol. The number of carbonyl (C=O) groups is 1. The summed E-state index contributed by atoms with van der Waals surface area (Å²) in [5.41, 5.74) is 0. The maximum atomic E-state index is 11.9. The van der Waals surface area contributed by atoms with Gasteiger partial charge in [-0.2, -0.15) is 0 Å². The Bertz CT molecular complexity index is 380. The molecule has 2 aliphatic heterocycles. The second kappa shape index (κ2) is 4.33. The molecular formula is C10H18N2O3S. The van der Waals surface area contributed by atoms with Crippen LogP contribution < -0.4 is 5.32 Å². The van der Waals surface area contributed by atoms with Crippen LogP contribution in [0.3, 0.4) is 0 Å². The third-order valence-corrected chi connectivity index (χ3v) is 5.17. The van der Waals surface area contributed by atoms with E-state index in [1.165, 1.54) is 0 Å². The van der Waals surface area contributed by atoms with Crippen molar-refractivity contribution in [3.8, 4) is 0 Å². The summed E-state index contributed by atoms with van der Waals surface area (Å²) in [5, 5.41) is 2.85. The molecule has 0 aromatic carbocycles. The van der Waals surface area contributed by atoms with E-state index in [9.17, 15) is 13.2 Å². The molecule has 2 unspecified atom stereocenters. The topological polar surface area (TPSA) is 66.5 Å². The quantitative estimate of drug-likeness (QED) is 0.705. The number of hydrogen-bond donors (Lipinski definition) is 1. The maximum Gasteiger partial charge on any atom is 0.237 e. The van der Waals surface area contributed by atoms with Crippen molar-refractivity contribution >= 4 is 15.7 Å². The highest BCUT2D eigenvalue weighted by atomic mass is 32.2. The summed E-state index contributed by atoms with van der Waals surface area (Å²) < 4.78 is 22.5. The van der Waals surface area contributed by atoms with Gasteiger partial charge in [-0.3, -0.25) is 9.69 Å². The SMILES string of the molecule is CN1CCCC1C(=O)NC1CCS(=O)(=O)C1. The van der Waals surface area contributed by atoms with E-state index in [2.05, 4.69) is 5.32 Å². The second-order valence-electron chi connectivity index (χ2n) is 4.75. The first-order valence-electron chi connectivity index (χ1n) is 5.69. The lowest BCUT2D eigenvalue weighted by Gasteiger charge is -2.20. The zero-order valence-electron chi connectivity index (χ0n) is 9.48. The molecule has 16 heavy (non-hydrogen) atoms. The first-order valence-corrected chi connectivity index (χ1v) is 7.51. The molecule has 2 fully saturated rings. The smallest absolute Gasteiger partial charge is 0.237 e. The lowest BCUT2D eigenvalue weighted by molar-refractivity contribution is -0.125. The molecule has 6 heteroatoms. The fourth-order valence-corrected chi connectivity index (χ4v) is 4.12. The van der Waals surface area contributed by atoms with E-state index in [4.69, 9.17) is 0 Å². The van der Waals surface area contributed by atoms with Crippen molar-refractivity contribution in [3.05, 3.63) is 0 Å². The van der Waals surface area contributed by atoms with Crippen molar-refractivity contribution in [1.82, 2.24) is 10.2 Å². The van der Waals surface area contributed by atoms with Gasteiger partial charge in [0.1, 0.15) is 0 Å². The van der Waals surface area contributed by atoms with Gasteiger partial charge in [0.25, 0.3) is 0 Å². The van der Waals surface area contributed by atoms with Crippen LogP contribution in [-0.4, -0.2) is 56.4 Å². The van der Waals surface area contributed by atoms with Crippen LogP contribution in [0, 0.1) is 0 Å². The van der Waals surface area contributed by atoms with Crippen molar-refractivity contribution < 1.29 is 13.2 Å². The Morgan fingerprint density at radius 1 is 1.38 bits per heavy atom. The highest BCUT2D eigenvalue weighted by Crippen LogP contribution is 2.16. The largest absolute Gasteiger partial charge is 0.351 e. The average Bonchev–Trinajstić information content (AvgIpc) is 2.72. The zero-order valence-corrected chi connectivity index (χ0v) is 10.3. The number of likely N-dealkylation sites (tertiary alicyclic amines) is 1. The van der Waals surface area contributed by atoms with Gasteiger partial charge in [0.15, 0.2) is 9.84 Å². The third kappa shape index (κ3) is 2.55. The number of nitrogens with one attached hydrogen (secondary N) is 1. The van der Waals surface area contributed by atoms with Crippen molar-refractivity contribution in [2.75, 3.05) is 25.1 Å². The zero-order chi connectivity index (χ0) is 11.8. The number of likely N-dealkylation sites (N-methyl/N-ethyl adjacent to an activating group) is 1. The van der Waals surface area contributed by atoms with Gasteiger partial charge in [-0.05, 0) is 32.9 Å². The lowest BCUT2D eigenvalue weighted by atomic mass is 10.2. The van der Waals surface area contributed by atoms with Crippen molar-refractivity contribution in [2.24, 2.45) is 0 Å². The van der Waals surface area contributed by atoms with Gasteiger partial charge in [0.2, 0.25) is 5.91 Å². The molecule has 0 spiro atoms. The first kappa shape index (κ1) is 11.9. The van der Waals surface area contributed by atoms with Crippen molar-refractivity contribution in [2.45, 2.75) is 31.3 Å². The van der Waals surface area contributed by atoms with Gasteiger partial charge in [-0.25, -0.2) is 8.42 Å². The van der Waals surface area contributed by atoms with Crippen LogP contribution in [0.4, 0.5) is 0 Å². The van der Waals surface area contributed by atoms with E-state index >= 15 is 0 Å². The molecule has 0 aromatic rings. The van der Waals surface area contributed by atoms with Crippen molar-refractivity contribution in [1.29, 1.82) is 0 Å². The van der Waals surface area contributed by atoms with Gasteiger partial charge >= 0.3 is 0 Å². The highest BCUT2D eigenvalue weighted by Gasteiger charge is 2.33. The van der Waals surface area contributed by atoms with Gasteiger partial charge in [0, 0.05) is 6.04 Å². The maximum absolute atomic E-state index is 11.9. The van der Waals surface area contributed by atoms with E-state index in [1.807, 2.05) is 11.9 Å². The molecule has 2 rings (SSSR count). The monoisotopic (exact) mass is 246 g/mol. The Morgan fingerprint density at radius 2 is 2.12 bits per heavy atom. The Labute approximate surface area is 96.1 Å². The molecule has 0 saturated carbocycles. The highest BCUT2D eigenvalue weighted by molar-refractivity contribution is 7.91. The average molecular weight is 246 g/mol. The summed E-state index contributed by atoms with van der Waals surface area (Å²) >= 11 is 0. The molecule has 2 heterocycles. The normalized spacial score (nSPS) is 34.1. The summed E-state index contributed by atoms with van der Waals surface area (Å²) in [4.78, 5) is 13.9. The van der Waals surface area contributed by atoms with E-state index in [-0.39, 0.29) is 29.5 Å². The van der Waals surface area contributed by atoms with Crippen LogP contribution in [0.25, 0.3) is 0 Å². The molecule has 92 valence electrons. The fraction of sp³-hybridized carbons (Fsp3) is 0.900. The Kier molecular flexibility index (Phi) is 3.21. The number of carbonyl (C=O) groups excluding carboxylic acids is 1. The number of hydrogen-bond acceptors (Lipinski definition) is 4. The predicted molar refractivity (Wildman–Crippen MR) is 60.9 cm³/mol. The van der Waals surface area contributed by atoms with E-state index < -0.39 is 9.84 Å². The van der Waals surface area contributed by atoms with E-state index in [0.717, 1.165) is 19.4 Å². The van der Waals surface area contributed by atoms with Crippen LogP contribution in [0.2, 0.25) is 0 Å². The molecule has 1 N–H and O–H groups in total. The van der Waals surface area contributed by atoms with Gasteiger partial charge < -0.3 is 5.32 Å². The van der Waals surface area contributed by atoms with E-state index in [1.54, 1.807) is 0 Å². The fourth-order valence-electron chi connectivity index (χ4n) is 2.45. The number of sulfone groups is 1. The van der Waals surface area contributed by atoms with Gasteiger partial charge in [0.05, 0.1) is 17.5 Å². The lowest BCUT2D eigenvalue weighted by Crippen LogP contribution is -2.46. The van der Waals surface area contributed by atoms with Gasteiger partial charge in [-0.1, -0.05) is 0 Å². The molecule has 2 atom stereocenters. The molecule has 0 aromatic heterocycles. The van der Waals surface area contributed by atoms with Crippen LogP contribution in [0.15, 0.2) is 0 Å². The molecule has 1 amide bonds. The Morgan fingerprint density at radius 3 is 2.62 bits per heavy atom. The Hall–Kier alpha value is -0.620. The molecule has 2 saturated heterocycles. The standard InChI is InChI=1S/C10H18N2O3S/c1-12-5-2-3-9(12)10(13)11-8-4-6-16(14,15)7-8/h8-9H,2-7H2,1H3,(H,11,13). The van der Waals surface area contributed by atoms with E-state index in [0.29, 0.717) is 6.42 Å². The minimum absolute atomic E-state index is 0.0119. The number of rotatable bonds is 2. The van der Waals surface area contributed by atoms with Crippen LogP contribution in [0.5, 0.6) is 0 Å². The number of nitrogens with zero attached hydrogens (tertiary/aromatic N) is 1. The Balaban J connectivity index is 1.88. The van der Waals surface area contributed by atoms with Crippen LogP contribution in [-0.2, 0) is 14.6 Å². The molecule has 2 aliphatic rings. The first-order chi connectivity index (χ1) is 7.48. The predicted octanol–water partition coefficient (Wildman–Crippen LogP) is -0.616. The molecule has 0 aliphatic carbocycles. The summed E-state index contributed by atoms with van der Waals surface area (Å²) in [7, 11) is -0.973. The summed E-state index contributed by atoms with van der Waals surface area (Å²) in [6.45, 7) is 0.945. The van der Waals surface area contributed by atoms with Gasteiger partial charge in [-0.15, -0.1) is 0 Å². The minimum atomic E-state index is -2.91. The summed E-state index contributed by atoms with van der Waals surface area (Å²) in [6, 6.07) is -0.241. The minimum Gasteiger partial charge on any atom is -0.351 e. The molecule has 0 radical (unpaired) electrons. The summed E-state index contributed by atoms with van der Waals surface area (Å²) in [5.74, 6) is 0.301. The third-order valence-electron chi connectivity index (χ3n) is 3.40. The van der Waals surface area contributed by atoms with Crippen molar-refractivity contribution in [3.63, 3.8) is 0 Å². The summed E-state index contributed by atoms with van der Waals surface area (Å²) in [6.07, 6.45) is 2.48.